The zero-order chi connectivity index (χ0) is 11.3. The van der Waals surface area contributed by atoms with Crippen LogP contribution in [0.4, 0.5) is 0 Å². The molecule has 0 saturated carbocycles. The number of hydrogen-bond acceptors (Lipinski definition) is 3. The van der Waals surface area contributed by atoms with Crippen molar-refractivity contribution in [2.45, 2.75) is 26.7 Å². The Morgan fingerprint density at radius 2 is 2.07 bits per heavy atom. The topological polar surface area (TPSA) is 43.4 Å². The second-order valence-electron chi connectivity index (χ2n) is 3.38. The molecule has 0 N–H and O–H groups in total. The molecule has 0 aromatic heterocycles. The number of carbonyl (C=O) groups excluding carboxylic acids is 2. The second-order valence-corrected chi connectivity index (χ2v) is 3.38. The van der Waals surface area contributed by atoms with Crippen LogP contribution in [0.3, 0.4) is 0 Å². The van der Waals surface area contributed by atoms with Crippen molar-refractivity contribution >= 4 is 11.9 Å². The molecule has 0 saturated heterocycles. The minimum atomic E-state index is -0.572. The SMILES string of the molecule is CCCC(=O)OC(=O)c1cccc(C)c1. The van der Waals surface area contributed by atoms with Gasteiger partial charge >= 0.3 is 11.9 Å². The van der Waals surface area contributed by atoms with Crippen LogP contribution in [0.15, 0.2) is 24.3 Å². The van der Waals surface area contributed by atoms with Gasteiger partial charge in [-0.15, -0.1) is 0 Å². The van der Waals surface area contributed by atoms with Crippen molar-refractivity contribution in [3.63, 3.8) is 0 Å². The van der Waals surface area contributed by atoms with Gasteiger partial charge in [0.2, 0.25) is 0 Å². The van der Waals surface area contributed by atoms with E-state index in [9.17, 15) is 9.59 Å². The third kappa shape index (κ3) is 3.54. The van der Waals surface area contributed by atoms with Crippen molar-refractivity contribution in [2.24, 2.45) is 0 Å². The van der Waals surface area contributed by atoms with Crippen LogP contribution in [0.5, 0.6) is 0 Å². The van der Waals surface area contributed by atoms with Crippen LogP contribution < -0.4 is 0 Å². The Balaban J connectivity index is 2.65. The molecular formula is C12H14O3. The Hall–Kier alpha value is -1.64. The predicted octanol–water partition coefficient (Wildman–Crippen LogP) is 2.48. The van der Waals surface area contributed by atoms with E-state index in [2.05, 4.69) is 4.74 Å². The monoisotopic (exact) mass is 206 g/mol. The largest absolute Gasteiger partial charge is 0.389 e. The van der Waals surface area contributed by atoms with E-state index in [1.54, 1.807) is 18.2 Å². The van der Waals surface area contributed by atoms with E-state index >= 15 is 0 Å². The fourth-order valence-corrected chi connectivity index (χ4v) is 1.19. The van der Waals surface area contributed by atoms with E-state index in [0.717, 1.165) is 5.56 Å². The molecule has 15 heavy (non-hydrogen) atoms. The summed E-state index contributed by atoms with van der Waals surface area (Å²) in [6.07, 6.45) is 0.956. The van der Waals surface area contributed by atoms with Gasteiger partial charge < -0.3 is 4.74 Å². The fraction of sp³-hybridized carbons (Fsp3) is 0.333. The molecule has 0 spiro atoms. The van der Waals surface area contributed by atoms with Gasteiger partial charge in [-0.25, -0.2) is 4.79 Å². The summed E-state index contributed by atoms with van der Waals surface area (Å²) in [6, 6.07) is 6.97. The minimum absolute atomic E-state index is 0.275. The molecule has 3 nitrogen and oxygen atoms in total. The quantitative estimate of drug-likeness (QED) is 0.563. The summed E-state index contributed by atoms with van der Waals surface area (Å²) in [6.45, 7) is 3.74. The lowest BCUT2D eigenvalue weighted by Gasteiger charge is -2.02. The maximum atomic E-state index is 11.4. The van der Waals surface area contributed by atoms with Gasteiger partial charge in [0.05, 0.1) is 5.56 Å². The van der Waals surface area contributed by atoms with Crippen molar-refractivity contribution in [1.82, 2.24) is 0 Å². The molecule has 0 bridgehead atoms. The molecule has 0 radical (unpaired) electrons. The summed E-state index contributed by atoms with van der Waals surface area (Å²) in [4.78, 5) is 22.5. The Kier molecular flexibility index (Phi) is 4.03. The van der Waals surface area contributed by atoms with Crippen molar-refractivity contribution in [3.05, 3.63) is 35.4 Å². The summed E-state index contributed by atoms with van der Waals surface area (Å²) >= 11 is 0. The molecule has 0 aliphatic rings. The molecule has 0 aliphatic heterocycles. The van der Waals surface area contributed by atoms with E-state index < -0.39 is 11.9 Å². The van der Waals surface area contributed by atoms with E-state index in [1.807, 2.05) is 19.9 Å². The fourth-order valence-electron chi connectivity index (χ4n) is 1.19. The van der Waals surface area contributed by atoms with Crippen LogP contribution in [0.1, 0.15) is 35.7 Å². The summed E-state index contributed by atoms with van der Waals surface area (Å²) in [7, 11) is 0. The number of hydrogen-bond donors (Lipinski definition) is 0. The average molecular weight is 206 g/mol. The lowest BCUT2D eigenvalue weighted by molar-refractivity contribution is -0.137. The summed E-state index contributed by atoms with van der Waals surface area (Å²) < 4.78 is 4.65. The molecule has 1 rings (SSSR count). The first-order valence-electron chi connectivity index (χ1n) is 4.95. The first-order chi connectivity index (χ1) is 7.13. The van der Waals surface area contributed by atoms with Gasteiger partial charge in [0.1, 0.15) is 0 Å². The van der Waals surface area contributed by atoms with Gasteiger partial charge in [-0.1, -0.05) is 24.6 Å². The van der Waals surface area contributed by atoms with E-state index in [-0.39, 0.29) is 6.42 Å². The summed E-state index contributed by atoms with van der Waals surface area (Å²) in [5, 5.41) is 0. The average Bonchev–Trinajstić information content (AvgIpc) is 2.18. The highest BCUT2D eigenvalue weighted by Gasteiger charge is 2.11. The van der Waals surface area contributed by atoms with Crippen molar-refractivity contribution in [3.8, 4) is 0 Å². The molecule has 0 unspecified atom stereocenters. The normalized spacial score (nSPS) is 9.73. The van der Waals surface area contributed by atoms with Gasteiger partial charge in [-0.3, -0.25) is 4.79 Å². The minimum Gasteiger partial charge on any atom is -0.389 e. The number of rotatable bonds is 3. The molecule has 0 heterocycles. The van der Waals surface area contributed by atoms with E-state index in [0.29, 0.717) is 12.0 Å². The zero-order valence-electron chi connectivity index (χ0n) is 8.95. The van der Waals surface area contributed by atoms with Crippen LogP contribution in [0.2, 0.25) is 0 Å². The molecule has 1 aromatic rings. The third-order valence-electron chi connectivity index (χ3n) is 1.91. The van der Waals surface area contributed by atoms with Crippen LogP contribution in [0, 0.1) is 6.92 Å². The first-order valence-corrected chi connectivity index (χ1v) is 4.95. The van der Waals surface area contributed by atoms with Gasteiger partial charge in [0, 0.05) is 6.42 Å². The number of aryl methyl sites for hydroxylation is 1. The van der Waals surface area contributed by atoms with Crippen molar-refractivity contribution in [1.29, 1.82) is 0 Å². The van der Waals surface area contributed by atoms with Gasteiger partial charge in [0.15, 0.2) is 0 Å². The molecule has 3 heteroatoms. The smallest absolute Gasteiger partial charge is 0.345 e. The van der Waals surface area contributed by atoms with E-state index in [4.69, 9.17) is 0 Å². The summed E-state index contributed by atoms with van der Waals surface area (Å²) in [5.74, 6) is -1.04. The Morgan fingerprint density at radius 1 is 1.33 bits per heavy atom. The third-order valence-corrected chi connectivity index (χ3v) is 1.91. The Bertz CT molecular complexity index is 369. The molecule has 0 atom stereocenters. The maximum absolute atomic E-state index is 11.4. The highest BCUT2D eigenvalue weighted by molar-refractivity contribution is 5.96. The Labute approximate surface area is 89.1 Å². The highest BCUT2D eigenvalue weighted by atomic mass is 16.6. The second kappa shape index (κ2) is 5.29. The maximum Gasteiger partial charge on any atom is 0.345 e. The lowest BCUT2D eigenvalue weighted by atomic mass is 10.1. The predicted molar refractivity (Wildman–Crippen MR) is 56.5 cm³/mol. The molecule has 0 amide bonds. The van der Waals surface area contributed by atoms with Crippen LogP contribution in [-0.4, -0.2) is 11.9 Å². The standard InChI is InChI=1S/C12H14O3/c1-3-5-11(13)15-12(14)10-7-4-6-9(2)8-10/h4,6-8H,3,5H2,1-2H3. The van der Waals surface area contributed by atoms with Crippen LogP contribution in [0.25, 0.3) is 0 Å². The van der Waals surface area contributed by atoms with Crippen LogP contribution >= 0.6 is 0 Å². The zero-order valence-corrected chi connectivity index (χ0v) is 8.95. The number of esters is 2. The van der Waals surface area contributed by atoms with Gasteiger partial charge in [-0.05, 0) is 25.5 Å². The van der Waals surface area contributed by atoms with Gasteiger partial charge in [-0.2, -0.15) is 0 Å². The number of benzene rings is 1. The molecule has 1 aromatic carbocycles. The van der Waals surface area contributed by atoms with Crippen LogP contribution in [-0.2, 0) is 9.53 Å². The Morgan fingerprint density at radius 3 is 2.67 bits per heavy atom. The number of carbonyl (C=O) groups is 2. The van der Waals surface area contributed by atoms with E-state index in [1.165, 1.54) is 0 Å². The summed E-state index contributed by atoms with van der Waals surface area (Å²) in [5.41, 5.74) is 1.38. The molecular weight excluding hydrogens is 192 g/mol. The van der Waals surface area contributed by atoms with Crippen molar-refractivity contribution in [2.75, 3.05) is 0 Å². The number of ether oxygens (including phenoxy) is 1. The first kappa shape index (κ1) is 11.4. The molecule has 80 valence electrons. The van der Waals surface area contributed by atoms with Gasteiger partial charge in [0.25, 0.3) is 0 Å². The molecule has 0 fully saturated rings. The highest BCUT2D eigenvalue weighted by Crippen LogP contribution is 2.06. The lowest BCUT2D eigenvalue weighted by Crippen LogP contribution is -2.12. The molecule has 0 aliphatic carbocycles. The van der Waals surface area contributed by atoms with Crippen molar-refractivity contribution < 1.29 is 14.3 Å².